The number of carbonyl (C=O) groups excluding carboxylic acids is 1. The molecule has 3 aliphatic rings. The SMILES string of the molecule is O=C1N2C[C@@H](CC[C@@H]2c2cc(C3CCNCC3)on2)N1OS(=O)(=O)O. The van der Waals surface area contributed by atoms with E-state index in [0.29, 0.717) is 31.0 Å². The van der Waals surface area contributed by atoms with Crippen molar-refractivity contribution in [1.82, 2.24) is 20.4 Å². The largest absolute Gasteiger partial charge is 0.418 e. The molecule has 3 saturated heterocycles. The lowest BCUT2D eigenvalue weighted by Crippen LogP contribution is -2.35. The van der Waals surface area contributed by atoms with Crippen LogP contribution in [0.15, 0.2) is 10.6 Å². The average molecular weight is 372 g/mol. The second-order valence-electron chi connectivity index (χ2n) is 6.69. The molecule has 4 rings (SSSR count). The Balaban J connectivity index is 1.51. The van der Waals surface area contributed by atoms with Crippen molar-refractivity contribution in [1.29, 1.82) is 0 Å². The summed E-state index contributed by atoms with van der Waals surface area (Å²) < 4.78 is 40.7. The van der Waals surface area contributed by atoms with Gasteiger partial charge in [-0.25, -0.2) is 4.79 Å². The van der Waals surface area contributed by atoms with Crippen molar-refractivity contribution in [3.8, 4) is 0 Å². The molecule has 2 bridgehead atoms. The van der Waals surface area contributed by atoms with Gasteiger partial charge in [0.25, 0.3) is 0 Å². The maximum atomic E-state index is 12.4. The second kappa shape index (κ2) is 6.24. The summed E-state index contributed by atoms with van der Waals surface area (Å²) >= 11 is 0. The lowest BCUT2D eigenvalue weighted by atomic mass is 9.93. The van der Waals surface area contributed by atoms with Gasteiger partial charge in [-0.3, -0.25) is 4.55 Å². The van der Waals surface area contributed by atoms with Crippen molar-refractivity contribution in [2.45, 2.75) is 43.7 Å². The van der Waals surface area contributed by atoms with Gasteiger partial charge >= 0.3 is 16.4 Å². The molecular weight excluding hydrogens is 352 g/mol. The molecule has 0 aliphatic carbocycles. The van der Waals surface area contributed by atoms with E-state index < -0.39 is 22.5 Å². The first-order chi connectivity index (χ1) is 11.9. The van der Waals surface area contributed by atoms with Crippen LogP contribution in [-0.4, -0.2) is 59.8 Å². The van der Waals surface area contributed by atoms with E-state index in [4.69, 9.17) is 9.08 Å². The summed E-state index contributed by atoms with van der Waals surface area (Å²) in [7, 11) is -4.73. The zero-order valence-electron chi connectivity index (χ0n) is 13.5. The number of fused-ring (bicyclic) bond motifs is 2. The van der Waals surface area contributed by atoms with Crippen LogP contribution in [0.2, 0.25) is 0 Å². The summed E-state index contributed by atoms with van der Waals surface area (Å²) in [6, 6.07) is 0.636. The second-order valence-corrected chi connectivity index (χ2v) is 7.69. The van der Waals surface area contributed by atoms with Gasteiger partial charge in [-0.2, -0.15) is 13.5 Å². The van der Waals surface area contributed by atoms with Crippen LogP contribution in [0.3, 0.4) is 0 Å². The van der Waals surface area contributed by atoms with Gasteiger partial charge in [-0.1, -0.05) is 5.16 Å². The molecule has 11 heteroatoms. The Morgan fingerprint density at radius 1 is 1.28 bits per heavy atom. The molecule has 2 N–H and O–H groups in total. The molecular formula is C14H20N4O6S. The standard InChI is InChI=1S/C14H20N4O6S/c19-14-17-8-10(18(14)24-25(20,21)22)1-2-12(17)11-7-13(23-16-11)9-3-5-15-6-4-9/h7,9-10,12,15H,1-6,8H2,(H,20,21,22)/t10-,12-/m1/s1. The molecule has 4 heterocycles. The zero-order chi connectivity index (χ0) is 17.6. The van der Waals surface area contributed by atoms with Crippen molar-refractivity contribution in [2.24, 2.45) is 0 Å². The predicted octanol–water partition coefficient (Wildman–Crippen LogP) is 0.817. The third kappa shape index (κ3) is 3.24. The molecule has 0 saturated carbocycles. The van der Waals surface area contributed by atoms with E-state index in [1.54, 1.807) is 0 Å². The fraction of sp³-hybridized carbons (Fsp3) is 0.714. The molecule has 0 radical (unpaired) electrons. The van der Waals surface area contributed by atoms with Gasteiger partial charge in [-0.05, 0) is 38.8 Å². The number of aromatic nitrogens is 1. The van der Waals surface area contributed by atoms with Crippen LogP contribution < -0.4 is 5.32 Å². The van der Waals surface area contributed by atoms with Crippen LogP contribution in [0, 0.1) is 0 Å². The van der Waals surface area contributed by atoms with Gasteiger partial charge in [0, 0.05) is 18.5 Å². The van der Waals surface area contributed by atoms with E-state index in [1.165, 1.54) is 4.90 Å². The number of rotatable bonds is 4. The maximum Gasteiger partial charge on any atom is 0.418 e. The van der Waals surface area contributed by atoms with E-state index in [0.717, 1.165) is 36.8 Å². The number of nitrogens with zero attached hydrogens (tertiary/aromatic N) is 3. The lowest BCUT2D eigenvalue weighted by Gasteiger charge is -2.28. The molecule has 25 heavy (non-hydrogen) atoms. The van der Waals surface area contributed by atoms with E-state index in [-0.39, 0.29) is 6.04 Å². The lowest BCUT2D eigenvalue weighted by molar-refractivity contribution is -0.0317. The first-order valence-corrected chi connectivity index (χ1v) is 9.73. The van der Waals surface area contributed by atoms with Crippen molar-refractivity contribution < 1.29 is 26.6 Å². The zero-order valence-corrected chi connectivity index (χ0v) is 14.3. The number of amides is 2. The van der Waals surface area contributed by atoms with Gasteiger partial charge in [0.05, 0.1) is 12.1 Å². The van der Waals surface area contributed by atoms with Gasteiger partial charge < -0.3 is 14.7 Å². The number of urea groups is 1. The Labute approximate surface area is 145 Å². The number of hydrogen-bond donors (Lipinski definition) is 2. The third-order valence-corrected chi connectivity index (χ3v) is 5.48. The van der Waals surface area contributed by atoms with Crippen LogP contribution in [0.1, 0.15) is 49.1 Å². The summed E-state index contributed by atoms with van der Waals surface area (Å²) in [4.78, 5) is 14.0. The quantitative estimate of drug-likeness (QED) is 0.744. The number of piperidine rings is 2. The highest BCUT2D eigenvalue weighted by atomic mass is 32.3. The highest BCUT2D eigenvalue weighted by Gasteiger charge is 2.48. The van der Waals surface area contributed by atoms with Crippen molar-refractivity contribution in [2.75, 3.05) is 19.6 Å². The average Bonchev–Trinajstić information content (AvgIpc) is 3.16. The highest BCUT2D eigenvalue weighted by Crippen LogP contribution is 2.39. The summed E-state index contributed by atoms with van der Waals surface area (Å²) in [6.45, 7) is 2.21. The summed E-state index contributed by atoms with van der Waals surface area (Å²) in [5.74, 6) is 1.16. The normalized spacial score (nSPS) is 28.0. The summed E-state index contributed by atoms with van der Waals surface area (Å²) in [6.07, 6.45) is 3.15. The fourth-order valence-electron chi connectivity index (χ4n) is 3.90. The molecule has 3 fully saturated rings. The molecule has 2 amide bonds. The minimum absolute atomic E-state index is 0.280. The van der Waals surface area contributed by atoms with Crippen LogP contribution >= 0.6 is 0 Å². The maximum absolute atomic E-state index is 12.4. The molecule has 0 aromatic carbocycles. The Hall–Kier alpha value is -1.69. The minimum Gasteiger partial charge on any atom is -0.361 e. The smallest absolute Gasteiger partial charge is 0.361 e. The van der Waals surface area contributed by atoms with Crippen LogP contribution in [0.4, 0.5) is 4.79 Å². The molecule has 0 unspecified atom stereocenters. The fourth-order valence-corrected chi connectivity index (χ4v) is 4.29. The first kappa shape index (κ1) is 16.8. The summed E-state index contributed by atoms with van der Waals surface area (Å²) in [5.41, 5.74) is 0.675. The first-order valence-electron chi connectivity index (χ1n) is 8.36. The van der Waals surface area contributed by atoms with Gasteiger partial charge in [-0.15, -0.1) is 4.28 Å². The number of carbonyl (C=O) groups is 1. The van der Waals surface area contributed by atoms with Gasteiger partial charge in [0.1, 0.15) is 11.5 Å². The third-order valence-electron chi connectivity index (χ3n) is 5.13. The van der Waals surface area contributed by atoms with E-state index in [1.807, 2.05) is 6.07 Å². The van der Waals surface area contributed by atoms with Crippen LogP contribution in [-0.2, 0) is 14.7 Å². The van der Waals surface area contributed by atoms with Crippen LogP contribution in [0.25, 0.3) is 0 Å². The van der Waals surface area contributed by atoms with Crippen molar-refractivity contribution >= 4 is 16.4 Å². The number of hydroxylamine groups is 2. The monoisotopic (exact) mass is 372 g/mol. The highest BCUT2D eigenvalue weighted by molar-refractivity contribution is 7.80. The molecule has 0 spiro atoms. The Morgan fingerprint density at radius 3 is 2.76 bits per heavy atom. The van der Waals surface area contributed by atoms with E-state index in [9.17, 15) is 13.2 Å². The van der Waals surface area contributed by atoms with Gasteiger partial charge in [0.15, 0.2) is 0 Å². The molecule has 1 aromatic rings. The van der Waals surface area contributed by atoms with E-state index >= 15 is 0 Å². The molecule has 2 atom stereocenters. The number of nitrogens with one attached hydrogen (secondary N) is 1. The van der Waals surface area contributed by atoms with Crippen LogP contribution in [0.5, 0.6) is 0 Å². The minimum atomic E-state index is -4.73. The molecule has 10 nitrogen and oxygen atoms in total. The van der Waals surface area contributed by atoms with Gasteiger partial charge in [0.2, 0.25) is 0 Å². The Kier molecular flexibility index (Phi) is 4.18. The molecule has 3 aliphatic heterocycles. The Morgan fingerprint density at radius 2 is 2.04 bits per heavy atom. The topological polar surface area (TPSA) is 125 Å². The number of hydrogen-bond acceptors (Lipinski definition) is 7. The molecule has 138 valence electrons. The predicted molar refractivity (Wildman–Crippen MR) is 83.7 cm³/mol. The van der Waals surface area contributed by atoms with Crippen molar-refractivity contribution in [3.05, 3.63) is 17.5 Å². The Bertz CT molecular complexity index is 759. The summed E-state index contributed by atoms with van der Waals surface area (Å²) in [5, 5.41) is 8.19. The van der Waals surface area contributed by atoms with E-state index in [2.05, 4.69) is 14.8 Å². The van der Waals surface area contributed by atoms with Crippen molar-refractivity contribution in [3.63, 3.8) is 0 Å². The molecule has 1 aromatic heterocycles.